The first-order valence-corrected chi connectivity index (χ1v) is 7.26. The van der Waals surface area contributed by atoms with Gasteiger partial charge in [-0.1, -0.05) is 42.5 Å². The zero-order valence-corrected chi connectivity index (χ0v) is 12.7. The van der Waals surface area contributed by atoms with Gasteiger partial charge in [0, 0.05) is 12.6 Å². The largest absolute Gasteiger partial charge is 0.618 e. The van der Waals surface area contributed by atoms with E-state index in [4.69, 9.17) is 0 Å². The second-order valence-electron chi connectivity index (χ2n) is 5.44. The molecule has 0 aliphatic carbocycles. The molecule has 0 unspecified atom stereocenters. The molecular formula is C18H17N3O2. The van der Waals surface area contributed by atoms with Crippen LogP contribution in [0.3, 0.4) is 0 Å². The molecule has 2 aromatic heterocycles. The molecule has 0 aliphatic rings. The molecule has 2 heterocycles. The van der Waals surface area contributed by atoms with Crippen LogP contribution in [-0.4, -0.2) is 15.0 Å². The van der Waals surface area contributed by atoms with Crippen LogP contribution in [0.25, 0.3) is 21.9 Å². The van der Waals surface area contributed by atoms with Gasteiger partial charge in [-0.3, -0.25) is 0 Å². The van der Waals surface area contributed by atoms with Crippen LogP contribution in [0.15, 0.2) is 60.8 Å². The number of rotatable bonds is 2. The number of aromatic nitrogens is 3. The highest BCUT2D eigenvalue weighted by Crippen LogP contribution is 2.24. The summed E-state index contributed by atoms with van der Waals surface area (Å²) in [4.78, 5) is 4.56. The Hall–Kier alpha value is -2.92. The van der Waals surface area contributed by atoms with Gasteiger partial charge in [0.2, 0.25) is 11.7 Å². The Morgan fingerprint density at radius 2 is 1.74 bits per heavy atom. The molecule has 0 spiro atoms. The van der Waals surface area contributed by atoms with E-state index in [0.717, 1.165) is 33.5 Å². The van der Waals surface area contributed by atoms with Gasteiger partial charge in [-0.15, -0.1) is 0 Å². The first-order chi connectivity index (χ1) is 10.7. The lowest BCUT2D eigenvalue weighted by atomic mass is 10.2. The van der Waals surface area contributed by atoms with Gasteiger partial charge < -0.3 is 15.3 Å². The van der Waals surface area contributed by atoms with Gasteiger partial charge in [0.15, 0.2) is 5.52 Å². The lowest BCUT2D eigenvalue weighted by molar-refractivity contribution is -0.575. The van der Waals surface area contributed by atoms with Crippen molar-refractivity contribution >= 4 is 21.9 Å². The number of nitrogens with zero attached hydrogens (tertiary/aromatic N) is 3. The highest BCUT2D eigenvalue weighted by atomic mass is 16.5. The van der Waals surface area contributed by atoms with Gasteiger partial charge in [0.1, 0.15) is 5.82 Å². The monoisotopic (exact) mass is 307 g/mol. The molecule has 116 valence electrons. The van der Waals surface area contributed by atoms with E-state index in [0.29, 0.717) is 5.52 Å². The van der Waals surface area contributed by atoms with Crippen LogP contribution in [0.1, 0.15) is 11.4 Å². The molecule has 0 atom stereocenters. The summed E-state index contributed by atoms with van der Waals surface area (Å²) >= 11 is 0. The lowest BCUT2D eigenvalue weighted by Crippen LogP contribution is -2.26. The number of pyridine rings is 1. The van der Waals surface area contributed by atoms with Gasteiger partial charge in [-0.05, 0) is 18.6 Å². The summed E-state index contributed by atoms with van der Waals surface area (Å²) in [5.74, 6) is 0.912. The molecule has 0 radical (unpaired) electrons. The molecule has 0 saturated carbocycles. The molecule has 0 amide bonds. The molecule has 0 fully saturated rings. The van der Waals surface area contributed by atoms with Crippen molar-refractivity contribution in [2.45, 2.75) is 13.5 Å². The molecule has 2 N–H and O–H groups in total. The molecule has 4 rings (SSSR count). The molecule has 2 aromatic carbocycles. The Morgan fingerprint density at radius 1 is 1.04 bits per heavy atom. The van der Waals surface area contributed by atoms with Crippen molar-refractivity contribution in [3.8, 4) is 0 Å². The average Bonchev–Trinajstić information content (AvgIpc) is 2.84. The van der Waals surface area contributed by atoms with Crippen molar-refractivity contribution in [1.82, 2.24) is 9.55 Å². The third-order valence-electron chi connectivity index (χ3n) is 4.01. The first kappa shape index (κ1) is 15.0. The summed E-state index contributed by atoms with van der Waals surface area (Å²) in [5, 5.41) is 13.1. The zero-order chi connectivity index (χ0) is 15.1. The van der Waals surface area contributed by atoms with Gasteiger partial charge in [-0.2, -0.15) is 4.73 Å². The predicted molar refractivity (Wildman–Crippen MR) is 90.1 cm³/mol. The smallest absolute Gasteiger partial charge is 0.226 e. The molecule has 0 saturated heterocycles. The van der Waals surface area contributed by atoms with Gasteiger partial charge in [-0.25, -0.2) is 4.98 Å². The van der Waals surface area contributed by atoms with Crippen molar-refractivity contribution < 1.29 is 10.2 Å². The highest BCUT2D eigenvalue weighted by molar-refractivity contribution is 6.00. The first-order valence-electron chi connectivity index (χ1n) is 7.26. The quantitative estimate of drug-likeness (QED) is 0.421. The number of fused-ring (bicyclic) bond motifs is 3. The van der Waals surface area contributed by atoms with E-state index in [1.165, 1.54) is 5.56 Å². The van der Waals surface area contributed by atoms with Crippen LogP contribution in [0, 0.1) is 12.1 Å². The molecule has 4 aromatic rings. The Balaban J connectivity index is 0.00000156. The minimum Gasteiger partial charge on any atom is -0.618 e. The van der Waals surface area contributed by atoms with E-state index in [1.807, 2.05) is 49.4 Å². The second kappa shape index (κ2) is 5.70. The van der Waals surface area contributed by atoms with Gasteiger partial charge >= 0.3 is 0 Å². The highest BCUT2D eigenvalue weighted by Gasteiger charge is 2.16. The lowest BCUT2D eigenvalue weighted by Gasteiger charge is -2.09. The van der Waals surface area contributed by atoms with E-state index >= 15 is 0 Å². The van der Waals surface area contributed by atoms with E-state index < -0.39 is 0 Å². The Bertz CT molecular complexity index is 978. The van der Waals surface area contributed by atoms with E-state index in [1.54, 1.807) is 6.20 Å². The number of hydrogen-bond donors (Lipinski definition) is 0. The van der Waals surface area contributed by atoms with Crippen molar-refractivity contribution in [3.63, 3.8) is 0 Å². The van der Waals surface area contributed by atoms with E-state index in [2.05, 4.69) is 21.7 Å². The molecule has 0 bridgehead atoms. The molecule has 0 aliphatic heterocycles. The summed E-state index contributed by atoms with van der Waals surface area (Å²) < 4.78 is 3.07. The second-order valence-corrected chi connectivity index (χ2v) is 5.44. The number of imidazole rings is 1. The maximum atomic E-state index is 12.1. The fraction of sp³-hybridized carbons (Fsp3) is 0.111. The van der Waals surface area contributed by atoms with E-state index in [9.17, 15) is 5.21 Å². The van der Waals surface area contributed by atoms with Crippen LogP contribution >= 0.6 is 0 Å². The molecule has 23 heavy (non-hydrogen) atoms. The minimum absolute atomic E-state index is 0. The summed E-state index contributed by atoms with van der Waals surface area (Å²) in [6.45, 7) is 2.73. The summed E-state index contributed by atoms with van der Waals surface area (Å²) in [5.41, 5.74) is 3.64. The molecule has 5 nitrogen and oxygen atoms in total. The maximum Gasteiger partial charge on any atom is 0.226 e. The predicted octanol–water partition coefficient (Wildman–Crippen LogP) is 2.35. The fourth-order valence-corrected chi connectivity index (χ4v) is 2.97. The maximum absolute atomic E-state index is 12.1. The summed E-state index contributed by atoms with van der Waals surface area (Å²) in [7, 11) is 0. The Kier molecular flexibility index (Phi) is 3.72. The minimum atomic E-state index is 0. The third-order valence-corrected chi connectivity index (χ3v) is 4.01. The number of aryl methyl sites for hydroxylation is 1. The van der Waals surface area contributed by atoms with Gasteiger partial charge in [0.25, 0.3) is 0 Å². The van der Waals surface area contributed by atoms with Crippen molar-refractivity contribution in [2.24, 2.45) is 0 Å². The van der Waals surface area contributed by atoms with E-state index in [-0.39, 0.29) is 5.48 Å². The van der Waals surface area contributed by atoms with Crippen LogP contribution in [0.2, 0.25) is 0 Å². The summed E-state index contributed by atoms with van der Waals surface area (Å²) in [6, 6.07) is 17.9. The Labute approximate surface area is 133 Å². The van der Waals surface area contributed by atoms with Crippen molar-refractivity contribution in [1.29, 1.82) is 0 Å². The topological polar surface area (TPSA) is 76.3 Å². The van der Waals surface area contributed by atoms with Crippen molar-refractivity contribution in [3.05, 3.63) is 77.4 Å². The fourth-order valence-electron chi connectivity index (χ4n) is 2.97. The summed E-state index contributed by atoms with van der Waals surface area (Å²) in [6.07, 6.45) is 1.56. The number of hydrogen-bond acceptors (Lipinski definition) is 2. The van der Waals surface area contributed by atoms with Crippen LogP contribution < -0.4 is 4.73 Å². The Morgan fingerprint density at radius 3 is 2.52 bits per heavy atom. The zero-order valence-electron chi connectivity index (χ0n) is 12.7. The SMILES string of the molecule is Cc1nc2c[n+]([O-])c3ccccc3c2n1Cc1ccccc1.O. The van der Waals surface area contributed by atoms with Crippen LogP contribution in [-0.2, 0) is 6.54 Å². The third kappa shape index (κ3) is 2.41. The number of benzene rings is 2. The standard InChI is InChI=1S/C18H15N3O.H2O/c1-13-19-16-12-21(22)17-10-6-5-9-15(17)18(16)20(13)11-14-7-3-2-4-8-14;/h2-10,12H,11H2,1H3;1H2. The average molecular weight is 307 g/mol. The molecule has 5 heteroatoms. The van der Waals surface area contributed by atoms with Gasteiger partial charge in [0.05, 0.1) is 10.9 Å². The van der Waals surface area contributed by atoms with Crippen LogP contribution in [0.4, 0.5) is 0 Å². The van der Waals surface area contributed by atoms with Crippen molar-refractivity contribution in [2.75, 3.05) is 0 Å². The number of para-hydroxylation sites is 1. The normalized spacial score (nSPS) is 10.8. The molecular weight excluding hydrogens is 290 g/mol. The van der Waals surface area contributed by atoms with Crippen LogP contribution in [0.5, 0.6) is 0 Å².